The second-order valence-corrected chi connectivity index (χ2v) is 6.73. The minimum absolute atomic E-state index is 0.0523. The molecular formula is C17H23N3O4. The van der Waals surface area contributed by atoms with Gasteiger partial charge in [-0.05, 0) is 38.9 Å². The van der Waals surface area contributed by atoms with Crippen molar-refractivity contribution < 1.29 is 18.8 Å². The molecule has 1 saturated heterocycles. The first-order valence-electron chi connectivity index (χ1n) is 8.58. The number of furan rings is 1. The number of hydrogen-bond acceptors (Lipinski definition) is 7. The van der Waals surface area contributed by atoms with E-state index < -0.39 is 0 Å². The first-order valence-corrected chi connectivity index (χ1v) is 8.58. The molecule has 2 aliphatic rings. The van der Waals surface area contributed by atoms with Crippen LogP contribution in [0.1, 0.15) is 32.1 Å². The molecule has 1 spiro atoms. The summed E-state index contributed by atoms with van der Waals surface area (Å²) in [6.45, 7) is 5.17. The van der Waals surface area contributed by atoms with Crippen LogP contribution in [0.3, 0.4) is 0 Å². The Balaban J connectivity index is 1.35. The summed E-state index contributed by atoms with van der Waals surface area (Å²) in [5, 5.41) is 14.3. The Morgan fingerprint density at radius 2 is 2.25 bits per heavy atom. The average molecular weight is 333 g/mol. The topological polar surface area (TPSA) is 84.8 Å². The van der Waals surface area contributed by atoms with E-state index in [1.165, 1.54) is 0 Å². The normalized spacial score (nSPS) is 26.6. The zero-order valence-corrected chi connectivity index (χ0v) is 13.9. The van der Waals surface area contributed by atoms with Crippen LogP contribution in [0.4, 0.5) is 0 Å². The van der Waals surface area contributed by atoms with E-state index in [0.717, 1.165) is 37.9 Å². The Bertz CT molecular complexity index is 659. The molecule has 1 saturated carbocycles. The summed E-state index contributed by atoms with van der Waals surface area (Å²) in [7, 11) is 0. The molecule has 1 aliphatic carbocycles. The zero-order chi connectivity index (χ0) is 16.6. The molecule has 2 aromatic rings. The van der Waals surface area contributed by atoms with Crippen LogP contribution in [-0.2, 0) is 11.3 Å². The van der Waals surface area contributed by atoms with Crippen molar-refractivity contribution in [3.05, 3.63) is 24.5 Å². The molecule has 0 aromatic carbocycles. The van der Waals surface area contributed by atoms with Gasteiger partial charge in [0.05, 0.1) is 30.6 Å². The van der Waals surface area contributed by atoms with Gasteiger partial charge < -0.3 is 18.8 Å². The highest BCUT2D eigenvalue weighted by atomic mass is 16.5. The lowest BCUT2D eigenvalue weighted by atomic mass is 9.58. The maximum Gasteiger partial charge on any atom is 0.241 e. The lowest BCUT2D eigenvalue weighted by Gasteiger charge is -2.56. The third-order valence-corrected chi connectivity index (χ3v) is 5.50. The lowest BCUT2D eigenvalue weighted by Crippen LogP contribution is -2.62. The summed E-state index contributed by atoms with van der Waals surface area (Å²) >= 11 is 0. The first kappa shape index (κ1) is 15.8. The van der Waals surface area contributed by atoms with Crippen LogP contribution in [0.25, 0.3) is 11.4 Å². The predicted octanol–water partition coefficient (Wildman–Crippen LogP) is 2.08. The largest absolute Gasteiger partial charge is 0.472 e. The van der Waals surface area contributed by atoms with E-state index in [4.69, 9.17) is 13.7 Å². The Labute approximate surface area is 140 Å². The second kappa shape index (κ2) is 6.31. The van der Waals surface area contributed by atoms with Gasteiger partial charge in [0.1, 0.15) is 6.26 Å². The number of rotatable bonds is 5. The number of ether oxygens (including phenoxy) is 1. The van der Waals surface area contributed by atoms with Gasteiger partial charge in [-0.3, -0.25) is 4.90 Å². The van der Waals surface area contributed by atoms with E-state index in [-0.39, 0.29) is 17.6 Å². The summed E-state index contributed by atoms with van der Waals surface area (Å²) < 4.78 is 16.2. The zero-order valence-electron chi connectivity index (χ0n) is 13.9. The fourth-order valence-corrected chi connectivity index (χ4v) is 3.96. The van der Waals surface area contributed by atoms with Gasteiger partial charge in [0.15, 0.2) is 0 Å². The van der Waals surface area contributed by atoms with Crippen LogP contribution in [0, 0.1) is 5.41 Å². The van der Waals surface area contributed by atoms with Gasteiger partial charge >= 0.3 is 0 Å². The van der Waals surface area contributed by atoms with Crippen molar-refractivity contribution in [2.75, 3.05) is 19.7 Å². The first-order chi connectivity index (χ1) is 11.7. The quantitative estimate of drug-likeness (QED) is 0.896. The van der Waals surface area contributed by atoms with Gasteiger partial charge in [-0.25, -0.2) is 0 Å². The molecule has 0 amide bonds. The van der Waals surface area contributed by atoms with Gasteiger partial charge in [0.2, 0.25) is 11.7 Å². The maximum absolute atomic E-state index is 10.3. The molecule has 130 valence electrons. The van der Waals surface area contributed by atoms with Crippen molar-refractivity contribution in [1.82, 2.24) is 15.0 Å². The van der Waals surface area contributed by atoms with Crippen molar-refractivity contribution in [1.29, 1.82) is 0 Å². The third kappa shape index (κ3) is 2.66. The van der Waals surface area contributed by atoms with Gasteiger partial charge in [0.25, 0.3) is 0 Å². The highest BCUT2D eigenvalue weighted by molar-refractivity contribution is 5.51. The van der Waals surface area contributed by atoms with Crippen LogP contribution in [0.5, 0.6) is 0 Å². The second-order valence-electron chi connectivity index (χ2n) is 6.73. The molecule has 2 fully saturated rings. The fourth-order valence-electron chi connectivity index (χ4n) is 3.96. The molecule has 2 atom stereocenters. The molecule has 2 unspecified atom stereocenters. The molecule has 0 bridgehead atoms. The van der Waals surface area contributed by atoms with E-state index in [1.54, 1.807) is 12.5 Å². The van der Waals surface area contributed by atoms with Crippen molar-refractivity contribution in [2.45, 2.75) is 44.9 Å². The molecule has 24 heavy (non-hydrogen) atoms. The lowest BCUT2D eigenvalue weighted by molar-refractivity contribution is -0.210. The summed E-state index contributed by atoms with van der Waals surface area (Å²) in [5.74, 6) is 1.16. The molecule has 0 radical (unpaired) electrons. The van der Waals surface area contributed by atoms with Crippen LogP contribution in [0.2, 0.25) is 0 Å². The summed E-state index contributed by atoms with van der Waals surface area (Å²) in [6, 6.07) is 1.81. The molecule has 3 heterocycles. The Hall–Kier alpha value is -1.70. The molecule has 1 N–H and O–H groups in total. The highest BCUT2D eigenvalue weighted by Gasteiger charge is 2.55. The van der Waals surface area contributed by atoms with E-state index >= 15 is 0 Å². The van der Waals surface area contributed by atoms with Crippen LogP contribution >= 0.6 is 0 Å². The van der Waals surface area contributed by atoms with Crippen molar-refractivity contribution in [2.24, 2.45) is 5.41 Å². The summed E-state index contributed by atoms with van der Waals surface area (Å²) in [5.41, 5.74) is 0.767. The van der Waals surface area contributed by atoms with E-state index in [1.807, 2.05) is 13.0 Å². The predicted molar refractivity (Wildman–Crippen MR) is 85.0 cm³/mol. The van der Waals surface area contributed by atoms with Crippen LogP contribution in [-0.4, -0.2) is 52.1 Å². The van der Waals surface area contributed by atoms with Gasteiger partial charge in [0, 0.05) is 18.4 Å². The molecule has 2 aromatic heterocycles. The Morgan fingerprint density at radius 3 is 2.92 bits per heavy atom. The molecule has 7 nitrogen and oxygen atoms in total. The molecular weight excluding hydrogens is 310 g/mol. The number of nitrogens with zero attached hydrogens (tertiary/aromatic N) is 3. The van der Waals surface area contributed by atoms with Gasteiger partial charge in [-0.1, -0.05) is 5.16 Å². The van der Waals surface area contributed by atoms with Crippen molar-refractivity contribution in [3.8, 4) is 11.4 Å². The highest BCUT2D eigenvalue weighted by Crippen LogP contribution is 2.51. The third-order valence-electron chi connectivity index (χ3n) is 5.50. The molecule has 4 rings (SSSR count). The number of aromatic nitrogens is 2. The molecule has 7 heteroatoms. The Kier molecular flexibility index (Phi) is 4.15. The van der Waals surface area contributed by atoms with E-state index in [2.05, 4.69) is 15.0 Å². The Morgan fingerprint density at radius 1 is 1.42 bits per heavy atom. The van der Waals surface area contributed by atoms with Crippen LogP contribution < -0.4 is 0 Å². The maximum atomic E-state index is 10.3. The summed E-state index contributed by atoms with van der Waals surface area (Å²) in [4.78, 5) is 6.72. The van der Waals surface area contributed by atoms with Crippen LogP contribution in [0.15, 0.2) is 27.5 Å². The number of piperidine rings is 1. The minimum Gasteiger partial charge on any atom is -0.472 e. The number of aliphatic hydroxyl groups is 1. The smallest absolute Gasteiger partial charge is 0.241 e. The summed E-state index contributed by atoms with van der Waals surface area (Å²) in [6.07, 6.45) is 5.83. The number of aliphatic hydroxyl groups excluding tert-OH is 1. The minimum atomic E-state index is -0.229. The average Bonchev–Trinajstić information content (AvgIpc) is 3.27. The van der Waals surface area contributed by atoms with Gasteiger partial charge in [-0.15, -0.1) is 0 Å². The van der Waals surface area contributed by atoms with E-state index in [9.17, 15) is 5.11 Å². The van der Waals surface area contributed by atoms with Crippen molar-refractivity contribution >= 4 is 0 Å². The van der Waals surface area contributed by atoms with E-state index in [0.29, 0.717) is 24.9 Å². The van der Waals surface area contributed by atoms with Gasteiger partial charge in [-0.2, -0.15) is 4.98 Å². The van der Waals surface area contributed by atoms with Crippen molar-refractivity contribution in [3.63, 3.8) is 0 Å². The fraction of sp³-hybridized carbons (Fsp3) is 0.647. The number of likely N-dealkylation sites (tertiary alicyclic amines) is 1. The standard InChI is InChI=1S/C17H23N3O4/c1-2-23-14-9-13(21)17(14)4-6-20(7-5-17)10-15-18-16(19-24-15)12-3-8-22-11-12/h3,8,11,13-14,21H,2,4-7,9-10H2,1H3. The number of hydrogen-bond donors (Lipinski definition) is 1. The SMILES string of the molecule is CCOC1CC(O)C12CCN(Cc1nc(-c3ccoc3)no1)CC2. The molecule has 1 aliphatic heterocycles. The monoisotopic (exact) mass is 333 g/mol.